The van der Waals surface area contributed by atoms with Crippen LogP contribution in [0.25, 0.3) is 0 Å². The summed E-state index contributed by atoms with van der Waals surface area (Å²) in [5.41, 5.74) is 1.73. The van der Waals surface area contributed by atoms with Crippen LogP contribution in [-0.4, -0.2) is 48.0 Å². The number of aromatic nitrogens is 1. The van der Waals surface area contributed by atoms with Gasteiger partial charge in [-0.1, -0.05) is 31.2 Å². The molecule has 4 nitrogen and oxygen atoms in total. The van der Waals surface area contributed by atoms with Crippen molar-refractivity contribution in [2.24, 2.45) is 5.92 Å². The molecule has 2 aromatic rings. The Kier molecular flexibility index (Phi) is 6.58. The Bertz CT molecular complexity index is 692. The van der Waals surface area contributed by atoms with E-state index in [0.717, 1.165) is 32.1 Å². The van der Waals surface area contributed by atoms with Gasteiger partial charge in [0.05, 0.1) is 0 Å². The highest BCUT2D eigenvalue weighted by atomic mass is 19.1. The first kappa shape index (κ1) is 18.8. The van der Waals surface area contributed by atoms with Gasteiger partial charge in [-0.3, -0.25) is 4.90 Å². The Balaban J connectivity index is 1.47. The molecule has 26 heavy (non-hydrogen) atoms. The molecule has 5 heteroatoms. The zero-order chi connectivity index (χ0) is 18.4. The van der Waals surface area contributed by atoms with Crippen molar-refractivity contribution in [1.82, 2.24) is 14.8 Å². The molecule has 1 atom stereocenters. The Morgan fingerprint density at radius 1 is 1.27 bits per heavy atom. The summed E-state index contributed by atoms with van der Waals surface area (Å²) >= 11 is 0. The molecule has 0 amide bonds. The Morgan fingerprint density at radius 3 is 2.85 bits per heavy atom. The number of halogens is 1. The van der Waals surface area contributed by atoms with Gasteiger partial charge in [-0.2, -0.15) is 0 Å². The fourth-order valence-electron chi connectivity index (χ4n) is 3.39. The van der Waals surface area contributed by atoms with Gasteiger partial charge in [0.15, 0.2) is 0 Å². The van der Waals surface area contributed by atoms with Crippen LogP contribution in [0.1, 0.15) is 24.5 Å². The van der Waals surface area contributed by atoms with Gasteiger partial charge in [-0.05, 0) is 44.1 Å². The summed E-state index contributed by atoms with van der Waals surface area (Å²) in [6, 6.07) is 10.6. The molecular formula is C21H28FN3O. The Morgan fingerprint density at radius 2 is 2.12 bits per heavy atom. The second kappa shape index (κ2) is 9.10. The molecule has 1 saturated heterocycles. The predicted octanol–water partition coefficient (Wildman–Crippen LogP) is 3.57. The molecular weight excluding hydrogens is 329 g/mol. The van der Waals surface area contributed by atoms with E-state index in [0.29, 0.717) is 11.4 Å². The van der Waals surface area contributed by atoms with Crippen LogP contribution in [0.4, 0.5) is 4.39 Å². The van der Waals surface area contributed by atoms with Gasteiger partial charge >= 0.3 is 0 Å². The van der Waals surface area contributed by atoms with Crippen LogP contribution in [0.3, 0.4) is 0 Å². The normalized spacial score (nSPS) is 17.8. The number of benzene rings is 1. The highest BCUT2D eigenvalue weighted by molar-refractivity contribution is 5.20. The molecule has 0 aliphatic carbocycles. The fraction of sp³-hybridized carbons (Fsp3) is 0.476. The summed E-state index contributed by atoms with van der Waals surface area (Å²) in [4.78, 5) is 9.24. The molecule has 140 valence electrons. The van der Waals surface area contributed by atoms with Crippen molar-refractivity contribution in [2.45, 2.75) is 26.5 Å². The Hall–Kier alpha value is -1.98. The quantitative estimate of drug-likeness (QED) is 0.722. The minimum atomic E-state index is -0.249. The van der Waals surface area contributed by atoms with Crippen LogP contribution in [0.5, 0.6) is 5.88 Å². The van der Waals surface area contributed by atoms with Crippen molar-refractivity contribution >= 4 is 0 Å². The van der Waals surface area contributed by atoms with E-state index in [1.165, 1.54) is 24.6 Å². The van der Waals surface area contributed by atoms with E-state index in [4.69, 9.17) is 4.74 Å². The smallest absolute Gasteiger partial charge is 0.213 e. The van der Waals surface area contributed by atoms with Crippen LogP contribution in [0.2, 0.25) is 0 Å². The minimum Gasteiger partial charge on any atom is -0.473 e. The lowest BCUT2D eigenvalue weighted by molar-refractivity contribution is 0.267. The van der Waals surface area contributed by atoms with Crippen molar-refractivity contribution in [1.29, 1.82) is 0 Å². The van der Waals surface area contributed by atoms with Gasteiger partial charge < -0.3 is 9.64 Å². The second-order valence-electron chi connectivity index (χ2n) is 7.13. The molecule has 0 radical (unpaired) electrons. The van der Waals surface area contributed by atoms with Crippen LogP contribution >= 0.6 is 0 Å². The number of ether oxygens (including phenoxy) is 1. The number of nitrogens with zero attached hydrogens (tertiary/aromatic N) is 3. The van der Waals surface area contributed by atoms with E-state index in [1.807, 2.05) is 12.3 Å². The lowest BCUT2D eigenvalue weighted by Crippen LogP contribution is -2.28. The van der Waals surface area contributed by atoms with E-state index in [-0.39, 0.29) is 12.4 Å². The van der Waals surface area contributed by atoms with E-state index in [1.54, 1.807) is 18.2 Å². The van der Waals surface area contributed by atoms with E-state index < -0.39 is 0 Å². The van der Waals surface area contributed by atoms with Gasteiger partial charge in [-0.25, -0.2) is 9.37 Å². The maximum atomic E-state index is 13.6. The summed E-state index contributed by atoms with van der Waals surface area (Å²) < 4.78 is 19.2. The van der Waals surface area contributed by atoms with Crippen molar-refractivity contribution in [3.8, 4) is 5.88 Å². The molecule has 0 N–H and O–H groups in total. The van der Waals surface area contributed by atoms with Crippen LogP contribution in [0, 0.1) is 11.7 Å². The molecule has 1 aliphatic heterocycles. The summed E-state index contributed by atoms with van der Waals surface area (Å²) in [5.74, 6) is 1.04. The number of hydrogen-bond donors (Lipinski definition) is 0. The molecule has 1 fully saturated rings. The van der Waals surface area contributed by atoms with Crippen LogP contribution in [-0.2, 0) is 13.2 Å². The summed E-state index contributed by atoms with van der Waals surface area (Å²) in [7, 11) is 2.19. The van der Waals surface area contributed by atoms with Gasteiger partial charge in [0.1, 0.15) is 12.4 Å². The summed E-state index contributed by atoms with van der Waals surface area (Å²) in [6.07, 6.45) is 3.13. The minimum absolute atomic E-state index is 0.192. The molecule has 0 bridgehead atoms. The second-order valence-corrected chi connectivity index (χ2v) is 7.13. The van der Waals surface area contributed by atoms with E-state index in [9.17, 15) is 4.39 Å². The molecule has 1 aromatic heterocycles. The lowest BCUT2D eigenvalue weighted by atomic mass is 10.1. The zero-order valence-electron chi connectivity index (χ0n) is 15.7. The van der Waals surface area contributed by atoms with Gasteiger partial charge in [0.25, 0.3) is 0 Å². The van der Waals surface area contributed by atoms with Crippen molar-refractivity contribution in [2.75, 3.05) is 33.2 Å². The summed E-state index contributed by atoms with van der Waals surface area (Å²) in [6.45, 7) is 7.89. The fourth-order valence-corrected chi connectivity index (χ4v) is 3.39. The molecule has 2 heterocycles. The molecule has 1 aromatic carbocycles. The largest absolute Gasteiger partial charge is 0.473 e. The molecule has 0 spiro atoms. The first-order chi connectivity index (χ1) is 12.6. The first-order valence-corrected chi connectivity index (χ1v) is 9.36. The van der Waals surface area contributed by atoms with Crippen LogP contribution < -0.4 is 4.74 Å². The molecule has 0 saturated carbocycles. The highest BCUT2D eigenvalue weighted by Gasteiger charge is 2.23. The standard InChI is InChI=1S/C21H28FN3O/c1-3-24(2)13-18-10-11-25(15-18)14-17-8-9-21(23-12-17)26-16-19-6-4-5-7-20(19)22/h4-9,12,18H,3,10-11,13-16H2,1-2H3. The van der Waals surface area contributed by atoms with Crippen molar-refractivity contribution in [3.05, 3.63) is 59.5 Å². The number of pyridine rings is 1. The van der Waals surface area contributed by atoms with E-state index in [2.05, 4.69) is 34.8 Å². The van der Waals surface area contributed by atoms with Crippen molar-refractivity contribution in [3.63, 3.8) is 0 Å². The maximum Gasteiger partial charge on any atom is 0.213 e. The monoisotopic (exact) mass is 357 g/mol. The highest BCUT2D eigenvalue weighted by Crippen LogP contribution is 2.20. The van der Waals surface area contributed by atoms with E-state index >= 15 is 0 Å². The van der Waals surface area contributed by atoms with Gasteiger partial charge in [0, 0.05) is 37.5 Å². The first-order valence-electron chi connectivity index (χ1n) is 9.36. The third-order valence-corrected chi connectivity index (χ3v) is 5.02. The molecule has 1 unspecified atom stereocenters. The molecule has 1 aliphatic rings. The average molecular weight is 357 g/mol. The summed E-state index contributed by atoms with van der Waals surface area (Å²) in [5, 5.41) is 0. The zero-order valence-corrected chi connectivity index (χ0v) is 15.7. The lowest BCUT2D eigenvalue weighted by Gasteiger charge is -2.20. The number of rotatable bonds is 8. The molecule has 3 rings (SSSR count). The third-order valence-electron chi connectivity index (χ3n) is 5.02. The maximum absolute atomic E-state index is 13.6. The SMILES string of the molecule is CCN(C)CC1CCN(Cc2ccc(OCc3ccccc3F)nc2)C1. The number of likely N-dealkylation sites (tertiary alicyclic amines) is 1. The topological polar surface area (TPSA) is 28.6 Å². The van der Waals surface area contributed by atoms with Gasteiger partial charge in [0.2, 0.25) is 5.88 Å². The predicted molar refractivity (Wildman–Crippen MR) is 102 cm³/mol. The van der Waals surface area contributed by atoms with Crippen molar-refractivity contribution < 1.29 is 9.13 Å². The average Bonchev–Trinajstić information content (AvgIpc) is 3.09. The third kappa shape index (κ3) is 5.26. The Labute approximate surface area is 155 Å². The van der Waals surface area contributed by atoms with Gasteiger partial charge in [-0.15, -0.1) is 0 Å². The number of hydrogen-bond acceptors (Lipinski definition) is 4. The van der Waals surface area contributed by atoms with Crippen LogP contribution in [0.15, 0.2) is 42.6 Å².